The molecule has 0 bridgehead atoms. The normalized spacial score (nSPS) is 11.8. The Bertz CT molecular complexity index is 1040. The minimum absolute atomic E-state index is 0.00937. The highest BCUT2D eigenvalue weighted by Crippen LogP contribution is 2.21. The first-order chi connectivity index (χ1) is 15.9. The molecule has 0 saturated carbocycles. The number of nitrogens with one attached hydrogen (secondary N) is 1. The Morgan fingerprint density at radius 2 is 1.48 bits per heavy atom. The molecule has 0 aliphatic rings. The van der Waals surface area contributed by atoms with Crippen molar-refractivity contribution in [2.24, 2.45) is 0 Å². The molecule has 0 aromatic heterocycles. The number of thioether (sulfide) groups is 1. The highest BCUT2D eigenvalue weighted by atomic mass is 32.2. The molecule has 1 atom stereocenters. The van der Waals surface area contributed by atoms with Crippen LogP contribution in [0.15, 0.2) is 89.8 Å². The third-order valence-electron chi connectivity index (χ3n) is 5.41. The van der Waals surface area contributed by atoms with E-state index in [0.717, 1.165) is 21.6 Å². The molecule has 0 aliphatic heterocycles. The fraction of sp³-hybridized carbons (Fsp3) is 0.286. The molecule has 0 radical (unpaired) electrons. The van der Waals surface area contributed by atoms with Crippen LogP contribution in [-0.2, 0) is 22.6 Å². The number of aryl methyl sites for hydroxylation is 1. The van der Waals surface area contributed by atoms with E-state index in [1.54, 1.807) is 4.90 Å². The maximum Gasteiger partial charge on any atom is 0.243 e. The number of benzene rings is 3. The van der Waals surface area contributed by atoms with Gasteiger partial charge in [-0.25, -0.2) is 0 Å². The van der Waals surface area contributed by atoms with Crippen LogP contribution in [0.4, 0.5) is 0 Å². The quantitative estimate of drug-likeness (QED) is 0.420. The Balaban J connectivity index is 1.91. The van der Waals surface area contributed by atoms with E-state index in [-0.39, 0.29) is 23.6 Å². The Hall–Kier alpha value is -3.05. The van der Waals surface area contributed by atoms with Crippen molar-refractivity contribution in [2.45, 2.75) is 50.7 Å². The van der Waals surface area contributed by atoms with Gasteiger partial charge in [0.1, 0.15) is 6.04 Å². The maximum absolute atomic E-state index is 13.6. The third kappa shape index (κ3) is 7.50. The molecule has 3 aromatic carbocycles. The van der Waals surface area contributed by atoms with Gasteiger partial charge >= 0.3 is 0 Å². The van der Waals surface area contributed by atoms with Crippen LogP contribution in [0.5, 0.6) is 0 Å². The van der Waals surface area contributed by atoms with Crippen LogP contribution in [0.25, 0.3) is 0 Å². The summed E-state index contributed by atoms with van der Waals surface area (Å²) in [4.78, 5) is 29.7. The lowest BCUT2D eigenvalue weighted by molar-refractivity contribution is -0.139. The number of carbonyl (C=O) groups is 2. The Labute approximate surface area is 201 Å². The zero-order valence-corrected chi connectivity index (χ0v) is 20.3. The van der Waals surface area contributed by atoms with E-state index in [0.29, 0.717) is 13.0 Å². The monoisotopic (exact) mass is 460 g/mol. The zero-order valence-electron chi connectivity index (χ0n) is 19.5. The highest BCUT2D eigenvalue weighted by molar-refractivity contribution is 8.00. The molecule has 0 heterocycles. The number of rotatable bonds is 10. The first-order valence-electron chi connectivity index (χ1n) is 11.3. The van der Waals surface area contributed by atoms with Crippen molar-refractivity contribution in [1.29, 1.82) is 0 Å². The lowest BCUT2D eigenvalue weighted by Crippen LogP contribution is -2.52. The molecular formula is C28H32N2O2S. The Morgan fingerprint density at radius 1 is 0.879 bits per heavy atom. The first kappa shape index (κ1) is 24.6. The summed E-state index contributed by atoms with van der Waals surface area (Å²) < 4.78 is 0. The summed E-state index contributed by atoms with van der Waals surface area (Å²) in [5, 5.41) is 3.03. The van der Waals surface area contributed by atoms with Crippen molar-refractivity contribution in [3.05, 3.63) is 102 Å². The van der Waals surface area contributed by atoms with Crippen molar-refractivity contribution < 1.29 is 9.59 Å². The van der Waals surface area contributed by atoms with Gasteiger partial charge in [0.25, 0.3) is 0 Å². The van der Waals surface area contributed by atoms with Crippen LogP contribution in [0.1, 0.15) is 30.5 Å². The van der Waals surface area contributed by atoms with E-state index in [2.05, 4.69) is 5.32 Å². The number of carbonyl (C=O) groups excluding carboxylic acids is 2. The van der Waals surface area contributed by atoms with Crippen LogP contribution in [0.2, 0.25) is 0 Å². The average molecular weight is 461 g/mol. The SMILES string of the molecule is Cc1ccccc1CN(C(=O)CSc1ccccc1)[C@@H](Cc1ccccc1)C(=O)NC(C)C. The van der Waals surface area contributed by atoms with Crippen LogP contribution < -0.4 is 5.32 Å². The van der Waals surface area contributed by atoms with Gasteiger partial charge in [0.05, 0.1) is 5.75 Å². The molecule has 0 fully saturated rings. The summed E-state index contributed by atoms with van der Waals surface area (Å²) in [7, 11) is 0. The van der Waals surface area contributed by atoms with Crippen molar-refractivity contribution in [2.75, 3.05) is 5.75 Å². The van der Waals surface area contributed by atoms with Gasteiger partial charge in [0.15, 0.2) is 0 Å². The fourth-order valence-electron chi connectivity index (χ4n) is 3.65. The lowest BCUT2D eigenvalue weighted by Gasteiger charge is -2.32. The molecule has 1 N–H and O–H groups in total. The van der Waals surface area contributed by atoms with Crippen molar-refractivity contribution in [3.8, 4) is 0 Å². The summed E-state index contributed by atoms with van der Waals surface area (Å²) in [6.45, 7) is 6.31. The molecular weight excluding hydrogens is 428 g/mol. The van der Waals surface area contributed by atoms with E-state index in [4.69, 9.17) is 0 Å². The van der Waals surface area contributed by atoms with Crippen LogP contribution in [0.3, 0.4) is 0 Å². The minimum Gasteiger partial charge on any atom is -0.352 e. The summed E-state index contributed by atoms with van der Waals surface area (Å²) in [5.41, 5.74) is 3.18. The Morgan fingerprint density at radius 3 is 2.12 bits per heavy atom. The van der Waals surface area contributed by atoms with E-state index < -0.39 is 6.04 Å². The average Bonchev–Trinajstić information content (AvgIpc) is 2.81. The predicted octanol–water partition coefficient (Wildman–Crippen LogP) is 5.25. The molecule has 5 heteroatoms. The van der Waals surface area contributed by atoms with Gasteiger partial charge in [-0.1, -0.05) is 72.8 Å². The van der Waals surface area contributed by atoms with Crippen molar-refractivity contribution in [3.63, 3.8) is 0 Å². The molecule has 3 aromatic rings. The second-order valence-corrected chi connectivity index (χ2v) is 9.47. The number of hydrogen-bond acceptors (Lipinski definition) is 3. The Kier molecular flexibility index (Phi) is 9.14. The summed E-state index contributed by atoms with van der Waals surface area (Å²) in [6.07, 6.45) is 0.465. The zero-order chi connectivity index (χ0) is 23.6. The maximum atomic E-state index is 13.6. The van der Waals surface area contributed by atoms with Crippen molar-refractivity contribution >= 4 is 23.6 Å². The van der Waals surface area contributed by atoms with Crippen molar-refractivity contribution in [1.82, 2.24) is 10.2 Å². The second kappa shape index (κ2) is 12.3. The molecule has 0 aliphatic carbocycles. The van der Waals surface area contributed by atoms with Gasteiger partial charge in [-0.05, 0) is 49.6 Å². The molecule has 172 valence electrons. The van der Waals surface area contributed by atoms with Gasteiger partial charge in [0, 0.05) is 23.9 Å². The van der Waals surface area contributed by atoms with E-state index in [9.17, 15) is 9.59 Å². The molecule has 2 amide bonds. The lowest BCUT2D eigenvalue weighted by atomic mass is 10.0. The molecule has 0 spiro atoms. The molecule has 0 saturated heterocycles. The first-order valence-corrected chi connectivity index (χ1v) is 12.3. The summed E-state index contributed by atoms with van der Waals surface area (Å²) in [6, 6.07) is 27.2. The smallest absolute Gasteiger partial charge is 0.243 e. The molecule has 3 rings (SSSR count). The van der Waals surface area contributed by atoms with Crippen LogP contribution in [0, 0.1) is 6.92 Å². The molecule has 0 unspecified atom stereocenters. The van der Waals surface area contributed by atoms with E-state index in [1.807, 2.05) is 106 Å². The number of hydrogen-bond donors (Lipinski definition) is 1. The standard InChI is InChI=1S/C28H32N2O2S/c1-21(2)29-28(32)26(18-23-13-6-4-7-14-23)30(19-24-15-11-10-12-22(24)3)27(31)20-33-25-16-8-5-9-17-25/h4-17,21,26H,18-20H2,1-3H3,(H,29,32)/t26-/m0/s1. The molecule has 4 nitrogen and oxygen atoms in total. The van der Waals surface area contributed by atoms with Gasteiger partial charge in [-0.3, -0.25) is 9.59 Å². The predicted molar refractivity (Wildman–Crippen MR) is 136 cm³/mol. The third-order valence-corrected chi connectivity index (χ3v) is 6.41. The largest absolute Gasteiger partial charge is 0.352 e. The summed E-state index contributed by atoms with van der Waals surface area (Å²) >= 11 is 1.50. The van der Waals surface area contributed by atoms with Gasteiger partial charge < -0.3 is 10.2 Å². The van der Waals surface area contributed by atoms with Gasteiger partial charge in [-0.15, -0.1) is 11.8 Å². The van der Waals surface area contributed by atoms with E-state index >= 15 is 0 Å². The highest BCUT2D eigenvalue weighted by Gasteiger charge is 2.30. The van der Waals surface area contributed by atoms with E-state index in [1.165, 1.54) is 11.8 Å². The summed E-state index contributed by atoms with van der Waals surface area (Å²) in [5.74, 6) is 0.100. The van der Waals surface area contributed by atoms with Gasteiger partial charge in [-0.2, -0.15) is 0 Å². The topological polar surface area (TPSA) is 49.4 Å². The fourth-order valence-corrected chi connectivity index (χ4v) is 4.46. The van der Waals surface area contributed by atoms with Crippen LogP contribution in [-0.4, -0.2) is 34.6 Å². The minimum atomic E-state index is -0.599. The second-order valence-electron chi connectivity index (χ2n) is 8.42. The number of nitrogens with zero attached hydrogens (tertiary/aromatic N) is 1. The van der Waals surface area contributed by atoms with Gasteiger partial charge in [0.2, 0.25) is 11.8 Å². The van der Waals surface area contributed by atoms with Crippen LogP contribution >= 0.6 is 11.8 Å². The number of amides is 2. The molecule has 33 heavy (non-hydrogen) atoms.